The van der Waals surface area contributed by atoms with Crippen molar-refractivity contribution in [3.8, 4) is 0 Å². The quantitative estimate of drug-likeness (QED) is 0.378. The molecule has 1 heterocycles. The average molecular weight is 604 g/mol. The molecule has 8 nitrogen and oxygen atoms in total. The van der Waals surface area contributed by atoms with Crippen LogP contribution in [0.1, 0.15) is 40.0 Å². The van der Waals surface area contributed by atoms with Crippen molar-refractivity contribution in [3.05, 3.63) is 99.0 Å². The van der Waals surface area contributed by atoms with Gasteiger partial charge in [0.25, 0.3) is 5.91 Å². The molecule has 212 valence electrons. The number of hydrogen-bond acceptors (Lipinski definition) is 5. The Morgan fingerprint density at radius 1 is 0.950 bits per heavy atom. The van der Waals surface area contributed by atoms with Gasteiger partial charge >= 0.3 is 0 Å². The molecule has 4 rings (SSSR count). The number of carbonyl (C=O) groups excluding carboxylic acids is 2. The van der Waals surface area contributed by atoms with Gasteiger partial charge in [0.05, 0.1) is 24.0 Å². The summed E-state index contributed by atoms with van der Waals surface area (Å²) in [5.74, 6) is -0.792. The van der Waals surface area contributed by atoms with E-state index in [-0.39, 0.29) is 23.6 Å². The third-order valence-electron chi connectivity index (χ3n) is 6.88. The van der Waals surface area contributed by atoms with Crippen LogP contribution in [0.4, 0.5) is 5.69 Å². The zero-order valence-electron chi connectivity index (χ0n) is 22.7. The smallest absolute Gasteiger partial charge is 0.252 e. The van der Waals surface area contributed by atoms with Crippen molar-refractivity contribution in [2.45, 2.75) is 32.0 Å². The van der Waals surface area contributed by atoms with E-state index in [1.807, 2.05) is 48.5 Å². The van der Waals surface area contributed by atoms with Crippen LogP contribution in [0.3, 0.4) is 0 Å². The van der Waals surface area contributed by atoms with Crippen LogP contribution in [0.15, 0.2) is 66.7 Å². The fraction of sp³-hybridized carbons (Fsp3) is 0.310. The number of hydrogen-bond donors (Lipinski definition) is 2. The van der Waals surface area contributed by atoms with Crippen LogP contribution in [-0.2, 0) is 14.8 Å². The SMILES string of the molecule is CNC(=O)[C@H](C)NC(=O)c1cc(C)cc(N(C2CN(C(c3ccc(Cl)cc3)c3ccc(Cl)cc3)C2)S(C)(=O)=O)c1. The van der Waals surface area contributed by atoms with Gasteiger partial charge in [-0.2, -0.15) is 0 Å². The van der Waals surface area contributed by atoms with E-state index in [0.29, 0.717) is 28.8 Å². The zero-order chi connectivity index (χ0) is 29.2. The second-order valence-electron chi connectivity index (χ2n) is 10.0. The minimum Gasteiger partial charge on any atom is -0.357 e. The highest BCUT2D eigenvalue weighted by molar-refractivity contribution is 7.92. The molecule has 0 aromatic heterocycles. The number of sulfonamides is 1. The van der Waals surface area contributed by atoms with Crippen LogP contribution >= 0.6 is 23.2 Å². The molecule has 0 unspecified atom stereocenters. The zero-order valence-corrected chi connectivity index (χ0v) is 25.0. The maximum atomic E-state index is 13.1. The van der Waals surface area contributed by atoms with Gasteiger partial charge in [-0.1, -0.05) is 47.5 Å². The van der Waals surface area contributed by atoms with Gasteiger partial charge in [-0.25, -0.2) is 8.42 Å². The average Bonchev–Trinajstić information content (AvgIpc) is 2.87. The molecule has 0 saturated carbocycles. The van der Waals surface area contributed by atoms with Crippen LogP contribution in [0, 0.1) is 6.92 Å². The molecule has 2 amide bonds. The maximum absolute atomic E-state index is 13.1. The number of nitrogens with one attached hydrogen (secondary N) is 2. The van der Waals surface area contributed by atoms with Gasteiger partial charge in [0.15, 0.2) is 0 Å². The summed E-state index contributed by atoms with van der Waals surface area (Å²) in [6.07, 6.45) is 1.17. The molecular weight excluding hydrogens is 571 g/mol. The Morgan fingerprint density at radius 2 is 1.48 bits per heavy atom. The molecule has 40 heavy (non-hydrogen) atoms. The molecular formula is C29H32Cl2N4O4S. The molecule has 1 aliphatic heterocycles. The third kappa shape index (κ3) is 6.78. The van der Waals surface area contributed by atoms with Gasteiger partial charge < -0.3 is 10.6 Å². The normalized spacial score (nSPS) is 14.9. The van der Waals surface area contributed by atoms with Gasteiger partial charge in [-0.3, -0.25) is 18.8 Å². The van der Waals surface area contributed by atoms with Crippen molar-refractivity contribution in [2.75, 3.05) is 30.7 Å². The Labute approximate surface area is 245 Å². The summed E-state index contributed by atoms with van der Waals surface area (Å²) in [7, 11) is -2.20. The summed E-state index contributed by atoms with van der Waals surface area (Å²) < 4.78 is 27.5. The van der Waals surface area contributed by atoms with Crippen LogP contribution in [0.5, 0.6) is 0 Å². The highest BCUT2D eigenvalue weighted by atomic mass is 35.5. The van der Waals surface area contributed by atoms with Gasteiger partial charge in [0.2, 0.25) is 15.9 Å². The van der Waals surface area contributed by atoms with Crippen LogP contribution in [-0.4, -0.2) is 63.6 Å². The van der Waals surface area contributed by atoms with E-state index < -0.39 is 22.0 Å². The van der Waals surface area contributed by atoms with E-state index in [9.17, 15) is 18.0 Å². The van der Waals surface area contributed by atoms with Crippen LogP contribution in [0.2, 0.25) is 10.0 Å². The third-order valence-corrected chi connectivity index (χ3v) is 8.61. The van der Waals surface area contributed by atoms with E-state index in [0.717, 1.165) is 16.7 Å². The Morgan fingerprint density at radius 3 is 1.95 bits per heavy atom. The summed E-state index contributed by atoms with van der Waals surface area (Å²) in [5.41, 5.74) is 3.45. The van der Waals surface area contributed by atoms with Gasteiger partial charge in [0, 0.05) is 35.7 Å². The largest absolute Gasteiger partial charge is 0.357 e. The number of anilines is 1. The van der Waals surface area contributed by atoms with E-state index >= 15 is 0 Å². The van der Waals surface area contributed by atoms with E-state index in [2.05, 4.69) is 15.5 Å². The van der Waals surface area contributed by atoms with Gasteiger partial charge in [-0.15, -0.1) is 0 Å². The summed E-state index contributed by atoms with van der Waals surface area (Å²) in [6, 6.07) is 19.0. The molecule has 3 aromatic rings. The first kappa shape index (κ1) is 29.9. The number of halogens is 2. The number of amides is 2. The molecule has 2 N–H and O–H groups in total. The molecule has 1 aliphatic rings. The molecule has 3 aromatic carbocycles. The number of nitrogens with zero attached hydrogens (tertiary/aromatic N) is 2. The monoisotopic (exact) mass is 602 g/mol. The first-order valence-electron chi connectivity index (χ1n) is 12.8. The van der Waals surface area contributed by atoms with Crippen LogP contribution in [0.25, 0.3) is 0 Å². The maximum Gasteiger partial charge on any atom is 0.252 e. The fourth-order valence-corrected chi connectivity index (χ4v) is 6.42. The van der Waals surface area contributed by atoms with Crippen molar-refractivity contribution >= 4 is 50.7 Å². The van der Waals surface area contributed by atoms with Crippen molar-refractivity contribution in [1.29, 1.82) is 0 Å². The van der Waals surface area contributed by atoms with E-state index in [4.69, 9.17) is 23.2 Å². The number of benzene rings is 3. The minimum absolute atomic E-state index is 0.128. The van der Waals surface area contributed by atoms with Crippen molar-refractivity contribution in [2.24, 2.45) is 0 Å². The highest BCUT2D eigenvalue weighted by Gasteiger charge is 2.41. The molecule has 0 aliphatic carbocycles. The predicted molar refractivity (Wildman–Crippen MR) is 160 cm³/mol. The second-order valence-corrected chi connectivity index (χ2v) is 12.8. The Bertz CT molecular complexity index is 1450. The lowest BCUT2D eigenvalue weighted by Gasteiger charge is -2.49. The first-order chi connectivity index (χ1) is 18.9. The summed E-state index contributed by atoms with van der Waals surface area (Å²) in [4.78, 5) is 27.0. The lowest BCUT2D eigenvalue weighted by molar-refractivity contribution is -0.122. The second kappa shape index (κ2) is 12.2. The molecule has 11 heteroatoms. The molecule has 0 bridgehead atoms. The Balaban J connectivity index is 1.62. The Kier molecular flexibility index (Phi) is 9.09. The topological polar surface area (TPSA) is 98.8 Å². The number of rotatable bonds is 9. The summed E-state index contributed by atoms with van der Waals surface area (Å²) in [5, 5.41) is 6.42. The van der Waals surface area contributed by atoms with Crippen molar-refractivity contribution in [1.82, 2.24) is 15.5 Å². The lowest BCUT2D eigenvalue weighted by atomic mass is 9.93. The minimum atomic E-state index is -3.69. The van der Waals surface area contributed by atoms with Crippen molar-refractivity contribution < 1.29 is 18.0 Å². The first-order valence-corrected chi connectivity index (χ1v) is 15.4. The van der Waals surface area contributed by atoms with E-state index in [1.165, 1.54) is 17.6 Å². The molecule has 0 radical (unpaired) electrons. The number of carbonyl (C=O) groups is 2. The van der Waals surface area contributed by atoms with Crippen LogP contribution < -0.4 is 14.9 Å². The van der Waals surface area contributed by atoms with Gasteiger partial charge in [-0.05, 0) is 73.0 Å². The standard InChI is InChI=1S/C29H32Cl2N4O4S/c1-18-13-22(29(37)33-19(2)28(36)32-3)15-25(14-18)35(40(4,38)39)26-16-34(17-26)27(20-5-9-23(30)10-6-20)21-7-11-24(31)12-8-21/h5-15,19,26-27H,16-17H2,1-4H3,(H,32,36)(H,33,37)/t19-/m0/s1. The number of aryl methyl sites for hydroxylation is 1. The lowest BCUT2D eigenvalue weighted by Crippen LogP contribution is -2.61. The molecule has 1 saturated heterocycles. The summed E-state index contributed by atoms with van der Waals surface area (Å²) in [6.45, 7) is 4.31. The number of likely N-dealkylation sites (N-methyl/N-ethyl adjacent to an activating group) is 1. The van der Waals surface area contributed by atoms with E-state index in [1.54, 1.807) is 32.0 Å². The fourth-order valence-electron chi connectivity index (χ4n) is 5.01. The summed E-state index contributed by atoms with van der Waals surface area (Å²) >= 11 is 12.3. The highest BCUT2D eigenvalue weighted by Crippen LogP contribution is 2.37. The molecule has 1 atom stereocenters. The molecule has 1 fully saturated rings. The number of likely N-dealkylation sites (tertiary alicyclic amines) is 1. The van der Waals surface area contributed by atoms with Gasteiger partial charge in [0.1, 0.15) is 6.04 Å². The van der Waals surface area contributed by atoms with Crippen molar-refractivity contribution in [3.63, 3.8) is 0 Å². The molecule has 0 spiro atoms. The predicted octanol–water partition coefficient (Wildman–Crippen LogP) is 4.41. The Hall–Kier alpha value is -3.11.